The van der Waals surface area contributed by atoms with Crippen LogP contribution < -0.4 is 14.8 Å². The lowest BCUT2D eigenvalue weighted by molar-refractivity contribution is -0.139. The Bertz CT molecular complexity index is 1110. The minimum absolute atomic E-state index is 0.0492. The number of methoxy groups -OCH3 is 1. The minimum atomic E-state index is -1.09. The predicted molar refractivity (Wildman–Crippen MR) is 135 cm³/mol. The lowest BCUT2D eigenvalue weighted by atomic mass is 9.64. The Morgan fingerprint density at radius 1 is 1.03 bits per heavy atom. The number of aliphatic carboxylic acids is 1. The molecule has 0 amide bonds. The van der Waals surface area contributed by atoms with Crippen molar-refractivity contribution < 1.29 is 29.0 Å². The van der Waals surface area contributed by atoms with E-state index in [2.05, 4.69) is 55.6 Å². The first-order valence-corrected chi connectivity index (χ1v) is 12.4. The van der Waals surface area contributed by atoms with Crippen LogP contribution >= 0.6 is 22.6 Å². The van der Waals surface area contributed by atoms with E-state index in [4.69, 9.17) is 14.6 Å². The van der Waals surface area contributed by atoms with Gasteiger partial charge in [0.15, 0.2) is 29.7 Å². The molecule has 8 heteroatoms. The maximum absolute atomic E-state index is 13.5. The number of hydrogen-bond acceptors (Lipinski definition) is 6. The number of nitrogens with one attached hydrogen (secondary N) is 1. The molecular formula is C26H30INO6. The summed E-state index contributed by atoms with van der Waals surface area (Å²) in [6, 6.07) is 3.64. The van der Waals surface area contributed by atoms with Gasteiger partial charge >= 0.3 is 5.97 Å². The predicted octanol–water partition coefficient (Wildman–Crippen LogP) is 4.74. The number of benzene rings is 1. The standard InChI is InChI=1S/C26H30INO6/c1-25(2)8-15-22(17(29)10-25)21(23-16(28-15)9-26(3,4)11-18(23)30)13-6-14(27)24(19(7-13)33-5)34-12-20(31)32/h6-7,21,28H,8-12H2,1-5H3,(H,31,32). The average Bonchev–Trinajstić information content (AvgIpc) is 2.68. The molecule has 1 aliphatic heterocycles. The molecule has 0 fully saturated rings. The Labute approximate surface area is 213 Å². The highest BCUT2D eigenvalue weighted by atomic mass is 127. The van der Waals surface area contributed by atoms with Gasteiger partial charge in [0, 0.05) is 41.3 Å². The summed E-state index contributed by atoms with van der Waals surface area (Å²) in [5.74, 6) is -0.775. The monoisotopic (exact) mass is 579 g/mol. The zero-order chi connectivity index (χ0) is 25.0. The lowest BCUT2D eigenvalue weighted by Gasteiger charge is -2.44. The summed E-state index contributed by atoms with van der Waals surface area (Å²) >= 11 is 2.08. The molecule has 0 unspecified atom stereocenters. The number of halogens is 1. The van der Waals surface area contributed by atoms with E-state index in [9.17, 15) is 14.4 Å². The third-order valence-electron chi connectivity index (χ3n) is 6.64. The van der Waals surface area contributed by atoms with E-state index in [1.54, 1.807) is 6.07 Å². The quantitative estimate of drug-likeness (QED) is 0.487. The molecule has 2 N–H and O–H groups in total. The molecule has 0 atom stereocenters. The first-order valence-electron chi connectivity index (χ1n) is 11.3. The second kappa shape index (κ2) is 8.70. The maximum atomic E-state index is 13.5. The topological polar surface area (TPSA) is 102 Å². The van der Waals surface area contributed by atoms with E-state index in [1.165, 1.54) is 7.11 Å². The fourth-order valence-electron chi connectivity index (χ4n) is 5.40. The van der Waals surface area contributed by atoms with Gasteiger partial charge in [-0.3, -0.25) is 9.59 Å². The van der Waals surface area contributed by atoms with Crippen molar-refractivity contribution >= 4 is 40.1 Å². The minimum Gasteiger partial charge on any atom is -0.493 e. The normalized spacial score (nSPS) is 21.6. The Morgan fingerprint density at radius 3 is 2.03 bits per heavy atom. The van der Waals surface area contributed by atoms with Crippen molar-refractivity contribution in [2.24, 2.45) is 10.8 Å². The Morgan fingerprint density at radius 2 is 1.56 bits per heavy atom. The van der Waals surface area contributed by atoms with Crippen molar-refractivity contribution in [3.8, 4) is 11.5 Å². The number of allylic oxidation sites excluding steroid dienone is 4. The molecule has 0 aromatic heterocycles. The molecule has 34 heavy (non-hydrogen) atoms. The molecule has 0 saturated carbocycles. The Balaban J connectivity index is 1.90. The van der Waals surface area contributed by atoms with Crippen LogP contribution in [0.2, 0.25) is 0 Å². The van der Waals surface area contributed by atoms with Gasteiger partial charge in [0.25, 0.3) is 0 Å². The van der Waals surface area contributed by atoms with Gasteiger partial charge in [-0.1, -0.05) is 27.7 Å². The third-order valence-corrected chi connectivity index (χ3v) is 7.45. The SMILES string of the molecule is COc1cc(C2C3=C(CC(C)(C)CC3=O)NC3=C2C(=O)CC(C)(C)C3)cc(I)c1OCC(=O)O. The van der Waals surface area contributed by atoms with E-state index < -0.39 is 18.5 Å². The van der Waals surface area contributed by atoms with Gasteiger partial charge < -0.3 is 19.9 Å². The number of carbonyl (C=O) groups is 3. The fraction of sp³-hybridized carbons (Fsp3) is 0.500. The van der Waals surface area contributed by atoms with E-state index in [0.717, 1.165) is 29.8 Å². The molecule has 0 bridgehead atoms. The maximum Gasteiger partial charge on any atom is 0.341 e. The number of rotatable bonds is 5. The fourth-order valence-corrected chi connectivity index (χ4v) is 6.18. The summed E-state index contributed by atoms with van der Waals surface area (Å²) < 4.78 is 11.7. The number of Topliss-reactive ketones (excluding diaryl/α,β-unsaturated/α-hetero) is 2. The number of hydrogen-bond donors (Lipinski definition) is 2. The molecule has 1 aromatic rings. The summed E-state index contributed by atoms with van der Waals surface area (Å²) in [5.41, 5.74) is 3.55. The van der Waals surface area contributed by atoms with Gasteiger partial charge in [-0.15, -0.1) is 0 Å². The van der Waals surface area contributed by atoms with Gasteiger partial charge in [0.05, 0.1) is 10.7 Å². The molecule has 0 saturated heterocycles. The van der Waals surface area contributed by atoms with Gasteiger partial charge in [-0.25, -0.2) is 4.79 Å². The first-order chi connectivity index (χ1) is 15.8. The molecule has 7 nitrogen and oxygen atoms in total. The molecule has 182 valence electrons. The summed E-state index contributed by atoms with van der Waals surface area (Å²) in [6.45, 7) is 7.86. The highest BCUT2D eigenvalue weighted by molar-refractivity contribution is 14.1. The van der Waals surface area contributed by atoms with Crippen molar-refractivity contribution in [3.05, 3.63) is 43.8 Å². The van der Waals surface area contributed by atoms with Crippen LogP contribution in [0.3, 0.4) is 0 Å². The van der Waals surface area contributed by atoms with Crippen LogP contribution in [0.15, 0.2) is 34.7 Å². The summed E-state index contributed by atoms with van der Waals surface area (Å²) in [6.07, 6.45) is 2.29. The van der Waals surface area contributed by atoms with Crippen molar-refractivity contribution in [1.29, 1.82) is 0 Å². The van der Waals surface area contributed by atoms with Crippen molar-refractivity contribution in [2.75, 3.05) is 13.7 Å². The summed E-state index contributed by atoms with van der Waals surface area (Å²) in [5, 5.41) is 12.5. The number of ether oxygens (including phenoxy) is 2. The van der Waals surface area contributed by atoms with Crippen LogP contribution in [0.5, 0.6) is 11.5 Å². The second-order valence-corrected chi connectivity index (χ2v) is 12.1. The third kappa shape index (κ3) is 4.61. The Hall–Kier alpha value is -2.36. The summed E-state index contributed by atoms with van der Waals surface area (Å²) in [4.78, 5) is 38.0. The molecule has 0 spiro atoms. The number of dihydropyridines is 1. The van der Waals surface area contributed by atoms with Crippen LogP contribution in [-0.2, 0) is 14.4 Å². The number of ketones is 2. The molecule has 3 aliphatic rings. The van der Waals surface area contributed by atoms with E-state index in [1.807, 2.05) is 6.07 Å². The zero-order valence-electron chi connectivity index (χ0n) is 20.1. The van der Waals surface area contributed by atoms with Crippen LogP contribution in [-0.4, -0.2) is 36.4 Å². The van der Waals surface area contributed by atoms with Gasteiger partial charge in [0.2, 0.25) is 0 Å². The number of carboxylic acid groups (broad SMARTS) is 1. The molecule has 2 aliphatic carbocycles. The van der Waals surface area contributed by atoms with Crippen LogP contribution in [0.25, 0.3) is 0 Å². The number of carboxylic acids is 1. The molecule has 4 rings (SSSR count). The van der Waals surface area contributed by atoms with Crippen molar-refractivity contribution in [2.45, 2.75) is 59.3 Å². The van der Waals surface area contributed by atoms with Crippen LogP contribution in [0.1, 0.15) is 64.9 Å². The van der Waals surface area contributed by atoms with Crippen molar-refractivity contribution in [1.82, 2.24) is 5.32 Å². The smallest absolute Gasteiger partial charge is 0.341 e. The van der Waals surface area contributed by atoms with E-state index in [0.29, 0.717) is 39.1 Å². The van der Waals surface area contributed by atoms with E-state index in [-0.39, 0.29) is 22.4 Å². The molecular weight excluding hydrogens is 549 g/mol. The Kier molecular flexibility index (Phi) is 6.33. The average molecular weight is 579 g/mol. The second-order valence-electron chi connectivity index (χ2n) is 10.9. The lowest BCUT2D eigenvalue weighted by Crippen LogP contribution is -2.42. The van der Waals surface area contributed by atoms with Gasteiger partial charge in [0.1, 0.15) is 0 Å². The van der Waals surface area contributed by atoms with Gasteiger partial charge in [-0.2, -0.15) is 0 Å². The van der Waals surface area contributed by atoms with Gasteiger partial charge in [-0.05, 0) is 64.0 Å². The van der Waals surface area contributed by atoms with Crippen LogP contribution in [0.4, 0.5) is 0 Å². The van der Waals surface area contributed by atoms with E-state index >= 15 is 0 Å². The molecule has 0 radical (unpaired) electrons. The largest absolute Gasteiger partial charge is 0.493 e. The first kappa shape index (κ1) is 24.8. The highest BCUT2D eigenvalue weighted by Gasteiger charge is 2.46. The summed E-state index contributed by atoms with van der Waals surface area (Å²) in [7, 11) is 1.49. The molecule has 1 heterocycles. The van der Waals surface area contributed by atoms with Crippen LogP contribution in [0, 0.1) is 14.4 Å². The van der Waals surface area contributed by atoms with Crippen molar-refractivity contribution in [3.63, 3.8) is 0 Å². The number of carbonyl (C=O) groups excluding carboxylic acids is 2. The zero-order valence-corrected chi connectivity index (χ0v) is 22.3. The highest BCUT2D eigenvalue weighted by Crippen LogP contribution is 2.52. The molecule has 1 aromatic carbocycles.